The summed E-state index contributed by atoms with van der Waals surface area (Å²) in [6.45, 7) is 8.54. The monoisotopic (exact) mass is 226 g/mol. The smallest absolute Gasteiger partial charge is 0.315 e. The Balaban J connectivity index is 2.35. The minimum atomic E-state index is -0.185. The molecule has 0 bridgehead atoms. The summed E-state index contributed by atoms with van der Waals surface area (Å²) >= 11 is 1.71. The number of carbonyl (C=O) groups is 1. The van der Waals surface area contributed by atoms with Gasteiger partial charge in [0.2, 0.25) is 0 Å². The largest absolute Gasteiger partial charge is 0.334 e. The van der Waals surface area contributed by atoms with Crippen LogP contribution in [0.4, 0.5) is 4.79 Å². The van der Waals surface area contributed by atoms with Gasteiger partial charge in [0.25, 0.3) is 0 Å². The van der Waals surface area contributed by atoms with Crippen LogP contribution in [0, 0.1) is 6.92 Å². The van der Waals surface area contributed by atoms with Gasteiger partial charge in [0.1, 0.15) is 0 Å². The van der Waals surface area contributed by atoms with Crippen LogP contribution in [0.1, 0.15) is 30.5 Å². The van der Waals surface area contributed by atoms with Gasteiger partial charge in [0.15, 0.2) is 0 Å². The molecule has 0 atom stereocenters. The fourth-order valence-electron chi connectivity index (χ4n) is 1.13. The molecule has 0 radical (unpaired) electrons. The van der Waals surface area contributed by atoms with Crippen molar-refractivity contribution in [3.63, 3.8) is 0 Å². The second-order valence-corrected chi connectivity index (χ2v) is 5.94. The van der Waals surface area contributed by atoms with Gasteiger partial charge in [-0.05, 0) is 39.8 Å². The standard InChI is InChI=1S/C11H18N2OS/c1-8-5-6-9(15-8)7-12-10(14)13-11(2,3)4/h5-6H,7H2,1-4H3,(H2,12,13,14). The first-order valence-electron chi connectivity index (χ1n) is 4.98. The second-order valence-electron chi connectivity index (χ2n) is 4.57. The molecular weight excluding hydrogens is 208 g/mol. The van der Waals surface area contributed by atoms with E-state index in [9.17, 15) is 4.79 Å². The number of amides is 2. The lowest BCUT2D eigenvalue weighted by Crippen LogP contribution is -2.46. The maximum absolute atomic E-state index is 11.4. The Morgan fingerprint density at radius 2 is 2.07 bits per heavy atom. The van der Waals surface area contributed by atoms with E-state index in [4.69, 9.17) is 0 Å². The number of rotatable bonds is 2. The molecule has 1 rings (SSSR count). The molecule has 0 aromatic carbocycles. The Labute approximate surface area is 94.9 Å². The van der Waals surface area contributed by atoms with Gasteiger partial charge in [-0.1, -0.05) is 0 Å². The van der Waals surface area contributed by atoms with Crippen molar-refractivity contribution in [1.82, 2.24) is 10.6 Å². The molecule has 15 heavy (non-hydrogen) atoms. The number of hydrogen-bond acceptors (Lipinski definition) is 2. The number of hydrogen-bond donors (Lipinski definition) is 2. The van der Waals surface area contributed by atoms with Crippen molar-refractivity contribution >= 4 is 17.4 Å². The van der Waals surface area contributed by atoms with Crippen molar-refractivity contribution in [1.29, 1.82) is 0 Å². The minimum absolute atomic E-state index is 0.117. The van der Waals surface area contributed by atoms with Crippen LogP contribution in [-0.4, -0.2) is 11.6 Å². The topological polar surface area (TPSA) is 41.1 Å². The molecule has 1 heterocycles. The fraction of sp³-hybridized carbons (Fsp3) is 0.545. The fourth-order valence-corrected chi connectivity index (χ4v) is 1.96. The normalized spacial score (nSPS) is 11.2. The molecule has 0 fully saturated rings. The average Bonchev–Trinajstić information content (AvgIpc) is 2.45. The maximum atomic E-state index is 11.4. The highest BCUT2D eigenvalue weighted by Crippen LogP contribution is 2.14. The van der Waals surface area contributed by atoms with Crippen LogP contribution in [0.5, 0.6) is 0 Å². The van der Waals surface area contributed by atoms with E-state index in [2.05, 4.69) is 23.6 Å². The van der Waals surface area contributed by atoms with Crippen molar-refractivity contribution in [2.45, 2.75) is 39.8 Å². The molecule has 0 saturated carbocycles. The van der Waals surface area contributed by atoms with Crippen molar-refractivity contribution in [2.75, 3.05) is 0 Å². The van der Waals surface area contributed by atoms with Gasteiger partial charge in [-0.25, -0.2) is 4.79 Å². The Bertz CT molecular complexity index is 339. The van der Waals surface area contributed by atoms with E-state index in [-0.39, 0.29) is 11.6 Å². The summed E-state index contributed by atoms with van der Waals surface area (Å²) in [7, 11) is 0. The maximum Gasteiger partial charge on any atom is 0.315 e. The molecule has 4 heteroatoms. The lowest BCUT2D eigenvalue weighted by Gasteiger charge is -2.20. The average molecular weight is 226 g/mol. The zero-order valence-corrected chi connectivity index (χ0v) is 10.5. The number of nitrogens with one attached hydrogen (secondary N) is 2. The first-order chi connectivity index (χ1) is 6.87. The van der Waals surface area contributed by atoms with Crippen molar-refractivity contribution in [3.8, 4) is 0 Å². The van der Waals surface area contributed by atoms with Crippen molar-refractivity contribution < 1.29 is 4.79 Å². The van der Waals surface area contributed by atoms with E-state index in [0.717, 1.165) is 0 Å². The summed E-state index contributed by atoms with van der Waals surface area (Å²) < 4.78 is 0. The lowest BCUT2D eigenvalue weighted by atomic mass is 10.1. The Hall–Kier alpha value is -1.03. The van der Waals surface area contributed by atoms with Crippen LogP contribution < -0.4 is 10.6 Å². The summed E-state index contributed by atoms with van der Waals surface area (Å²) in [6, 6.07) is 3.98. The van der Waals surface area contributed by atoms with E-state index in [0.29, 0.717) is 6.54 Å². The number of thiophene rings is 1. The van der Waals surface area contributed by atoms with Crippen LogP contribution in [0.3, 0.4) is 0 Å². The zero-order chi connectivity index (χ0) is 11.5. The minimum Gasteiger partial charge on any atom is -0.334 e. The molecule has 0 aliphatic carbocycles. The Kier molecular flexibility index (Phi) is 3.74. The van der Waals surface area contributed by atoms with Gasteiger partial charge < -0.3 is 10.6 Å². The highest BCUT2D eigenvalue weighted by Gasteiger charge is 2.12. The summed E-state index contributed by atoms with van der Waals surface area (Å²) in [5.74, 6) is 0. The lowest BCUT2D eigenvalue weighted by molar-refractivity contribution is 0.231. The van der Waals surface area contributed by atoms with Gasteiger partial charge in [0, 0.05) is 15.3 Å². The van der Waals surface area contributed by atoms with Gasteiger partial charge in [0.05, 0.1) is 6.54 Å². The predicted molar refractivity (Wildman–Crippen MR) is 64.2 cm³/mol. The van der Waals surface area contributed by atoms with Gasteiger partial charge >= 0.3 is 6.03 Å². The highest BCUT2D eigenvalue weighted by molar-refractivity contribution is 7.11. The highest BCUT2D eigenvalue weighted by atomic mass is 32.1. The summed E-state index contributed by atoms with van der Waals surface area (Å²) in [5.41, 5.74) is -0.185. The third kappa shape index (κ3) is 4.83. The van der Waals surface area contributed by atoms with Crippen LogP contribution in [0.2, 0.25) is 0 Å². The van der Waals surface area contributed by atoms with E-state index in [1.807, 2.05) is 26.8 Å². The van der Waals surface area contributed by atoms with Crippen LogP contribution in [-0.2, 0) is 6.54 Å². The van der Waals surface area contributed by atoms with Gasteiger partial charge in [-0.15, -0.1) is 11.3 Å². The molecule has 2 amide bonds. The molecule has 3 nitrogen and oxygen atoms in total. The van der Waals surface area contributed by atoms with Gasteiger partial charge in [-0.3, -0.25) is 0 Å². The quantitative estimate of drug-likeness (QED) is 0.799. The van der Waals surface area contributed by atoms with Crippen molar-refractivity contribution in [2.24, 2.45) is 0 Å². The number of aryl methyl sites for hydroxylation is 1. The van der Waals surface area contributed by atoms with E-state index in [1.54, 1.807) is 11.3 Å². The van der Waals surface area contributed by atoms with Crippen LogP contribution in [0.15, 0.2) is 12.1 Å². The third-order valence-electron chi connectivity index (χ3n) is 1.71. The summed E-state index contributed by atoms with van der Waals surface area (Å²) in [6.07, 6.45) is 0. The molecule has 0 aliphatic heterocycles. The first-order valence-corrected chi connectivity index (χ1v) is 5.80. The Morgan fingerprint density at radius 1 is 1.40 bits per heavy atom. The molecular formula is C11H18N2OS. The first kappa shape index (κ1) is 12.0. The molecule has 0 unspecified atom stereocenters. The molecule has 0 spiro atoms. The Morgan fingerprint density at radius 3 is 2.53 bits per heavy atom. The molecule has 0 aliphatic rings. The summed E-state index contributed by atoms with van der Waals surface area (Å²) in [5, 5.41) is 5.68. The molecule has 84 valence electrons. The molecule has 2 N–H and O–H groups in total. The van der Waals surface area contributed by atoms with Gasteiger partial charge in [-0.2, -0.15) is 0 Å². The van der Waals surface area contributed by atoms with Crippen LogP contribution >= 0.6 is 11.3 Å². The van der Waals surface area contributed by atoms with E-state index >= 15 is 0 Å². The third-order valence-corrected chi connectivity index (χ3v) is 2.71. The summed E-state index contributed by atoms with van der Waals surface area (Å²) in [4.78, 5) is 13.9. The van der Waals surface area contributed by atoms with E-state index < -0.39 is 0 Å². The predicted octanol–water partition coefficient (Wildman–Crippen LogP) is 2.65. The van der Waals surface area contributed by atoms with Crippen molar-refractivity contribution in [3.05, 3.63) is 21.9 Å². The number of carbonyl (C=O) groups excluding carboxylic acids is 1. The molecule has 1 aromatic heterocycles. The SMILES string of the molecule is Cc1ccc(CNC(=O)NC(C)(C)C)s1. The van der Waals surface area contributed by atoms with E-state index in [1.165, 1.54) is 9.75 Å². The zero-order valence-electron chi connectivity index (χ0n) is 9.68. The molecule has 0 saturated heterocycles. The molecule has 1 aromatic rings. The second kappa shape index (κ2) is 4.66. The van der Waals surface area contributed by atoms with Crippen LogP contribution in [0.25, 0.3) is 0 Å². The number of urea groups is 1.